The van der Waals surface area contributed by atoms with Crippen molar-refractivity contribution < 1.29 is 0 Å². The largest absolute Gasteiger partial charge is 0.327 e. The monoisotopic (exact) mass is 351 g/mol. The van der Waals surface area contributed by atoms with E-state index in [1.807, 2.05) is 6.07 Å². The van der Waals surface area contributed by atoms with Gasteiger partial charge in [-0.05, 0) is 58.3 Å². The van der Waals surface area contributed by atoms with Crippen molar-refractivity contribution in [2.45, 2.75) is 53.0 Å². The molecule has 1 aromatic rings. The highest BCUT2D eigenvalue weighted by molar-refractivity contribution is 5.99. The van der Waals surface area contributed by atoms with Crippen molar-refractivity contribution in [2.75, 3.05) is 6.54 Å². The highest BCUT2D eigenvalue weighted by atomic mass is 16.1. The minimum atomic E-state index is -0.434. The van der Waals surface area contributed by atoms with Gasteiger partial charge in [-0.3, -0.25) is 9.79 Å². The number of allylic oxidation sites excluding steroid dienone is 3. The summed E-state index contributed by atoms with van der Waals surface area (Å²) in [5.41, 5.74) is 13.5. The molecule has 1 aromatic heterocycles. The molecule has 0 aliphatic heterocycles. The molecule has 2 unspecified atom stereocenters. The summed E-state index contributed by atoms with van der Waals surface area (Å²) in [6.45, 7) is 11.0. The van der Waals surface area contributed by atoms with Crippen molar-refractivity contribution in [1.29, 1.82) is 0 Å². The Bertz CT molecular complexity index is 914. The first-order valence-corrected chi connectivity index (χ1v) is 9.32. The zero-order valence-corrected chi connectivity index (χ0v) is 16.4. The number of H-pyrrole nitrogens is 1. The highest BCUT2D eigenvalue weighted by Crippen LogP contribution is 2.52. The van der Waals surface area contributed by atoms with Crippen LogP contribution in [0.3, 0.4) is 0 Å². The third-order valence-electron chi connectivity index (χ3n) is 5.93. The van der Waals surface area contributed by atoms with Gasteiger partial charge in [0.2, 0.25) is 5.56 Å². The Morgan fingerprint density at radius 1 is 1.38 bits per heavy atom. The van der Waals surface area contributed by atoms with Gasteiger partial charge >= 0.3 is 0 Å². The molecular weight excluding hydrogens is 322 g/mol. The van der Waals surface area contributed by atoms with E-state index in [2.05, 4.69) is 51.8 Å². The van der Waals surface area contributed by atoms with Crippen LogP contribution < -0.4 is 11.3 Å². The van der Waals surface area contributed by atoms with Crippen molar-refractivity contribution >= 4 is 5.71 Å². The number of nitrogens with one attached hydrogen (secondary N) is 1. The number of aliphatic imine (C=N–C) groups is 1. The van der Waals surface area contributed by atoms with Gasteiger partial charge in [0.25, 0.3) is 0 Å². The predicted octanol–water partition coefficient (Wildman–Crippen LogP) is 3.79. The van der Waals surface area contributed by atoms with Crippen LogP contribution in [0.25, 0.3) is 0 Å². The maximum absolute atomic E-state index is 11.9. The molecule has 26 heavy (non-hydrogen) atoms. The first-order chi connectivity index (χ1) is 12.3. The molecule has 3 rings (SSSR count). The molecule has 0 spiro atoms. The molecule has 0 saturated heterocycles. The van der Waals surface area contributed by atoms with Crippen LogP contribution in [0.1, 0.15) is 52.3 Å². The fourth-order valence-electron chi connectivity index (χ4n) is 4.46. The summed E-state index contributed by atoms with van der Waals surface area (Å²) in [5, 5.41) is 0. The maximum Gasteiger partial charge on any atom is 0.248 e. The topological polar surface area (TPSA) is 71.2 Å². The number of aromatic nitrogens is 1. The fraction of sp³-hybridized carbons (Fsp3) is 0.455. The third-order valence-corrected chi connectivity index (χ3v) is 5.93. The van der Waals surface area contributed by atoms with Crippen LogP contribution in [0.15, 0.2) is 56.4 Å². The normalized spacial score (nSPS) is 27.8. The molecule has 0 radical (unpaired) electrons. The van der Waals surface area contributed by atoms with Crippen molar-refractivity contribution in [3.63, 3.8) is 0 Å². The van der Waals surface area contributed by atoms with E-state index in [4.69, 9.17) is 10.7 Å². The van der Waals surface area contributed by atoms with Crippen LogP contribution in [0.2, 0.25) is 0 Å². The molecule has 138 valence electrons. The number of aromatic amines is 1. The third kappa shape index (κ3) is 2.92. The highest BCUT2D eigenvalue weighted by Gasteiger charge is 2.46. The van der Waals surface area contributed by atoms with Crippen LogP contribution >= 0.6 is 0 Å². The molecule has 4 nitrogen and oxygen atoms in total. The van der Waals surface area contributed by atoms with E-state index in [0.717, 1.165) is 41.0 Å². The van der Waals surface area contributed by atoms with E-state index in [-0.39, 0.29) is 11.5 Å². The molecule has 0 amide bonds. The lowest BCUT2D eigenvalue weighted by Gasteiger charge is -2.45. The minimum Gasteiger partial charge on any atom is -0.327 e. The standard InChI is InChI=1S/C22H29N3O/c1-6-18-17-9-13(2)11-22(18,25-16(5)15(4)14(3)12-23)19-7-8-21(26)24-20(19)10-17/h6-9,17H,10-12,23H2,1-5H3,(H,24,26)/b15-14+,18-6+,25-16?. The Kier molecular flexibility index (Phi) is 4.89. The maximum atomic E-state index is 11.9. The van der Waals surface area contributed by atoms with Crippen molar-refractivity contribution in [3.8, 4) is 0 Å². The lowest BCUT2D eigenvalue weighted by Crippen LogP contribution is -2.41. The van der Waals surface area contributed by atoms with Gasteiger partial charge in [0, 0.05) is 41.9 Å². The zero-order chi connectivity index (χ0) is 19.1. The Hall–Kier alpha value is -2.20. The molecule has 0 saturated carbocycles. The summed E-state index contributed by atoms with van der Waals surface area (Å²) >= 11 is 0. The summed E-state index contributed by atoms with van der Waals surface area (Å²) < 4.78 is 0. The number of nitrogens with two attached hydrogens (primary N) is 1. The van der Waals surface area contributed by atoms with Gasteiger partial charge in [-0.2, -0.15) is 0 Å². The lowest BCUT2D eigenvalue weighted by molar-refractivity contribution is 0.412. The van der Waals surface area contributed by atoms with Gasteiger partial charge in [-0.1, -0.05) is 23.3 Å². The van der Waals surface area contributed by atoms with E-state index >= 15 is 0 Å². The Morgan fingerprint density at radius 3 is 2.77 bits per heavy atom. The smallest absolute Gasteiger partial charge is 0.248 e. The SMILES string of the molecule is C/C=C1\C2C=C(C)CC1(N=C(C)/C(C)=C(\C)CN)c1ccc(=O)[nH]c1C2. The van der Waals surface area contributed by atoms with Crippen LogP contribution in [0.4, 0.5) is 0 Å². The molecule has 0 aromatic carbocycles. The van der Waals surface area contributed by atoms with Crippen molar-refractivity contribution in [1.82, 2.24) is 4.98 Å². The summed E-state index contributed by atoms with van der Waals surface area (Å²) in [6, 6.07) is 3.60. The van der Waals surface area contributed by atoms with Gasteiger partial charge in [-0.15, -0.1) is 0 Å². The van der Waals surface area contributed by atoms with Gasteiger partial charge in [0.15, 0.2) is 0 Å². The van der Waals surface area contributed by atoms with Gasteiger partial charge in [0.1, 0.15) is 5.54 Å². The van der Waals surface area contributed by atoms with Crippen LogP contribution in [0, 0.1) is 5.92 Å². The summed E-state index contributed by atoms with van der Waals surface area (Å²) in [5.74, 6) is 0.288. The van der Waals surface area contributed by atoms with E-state index < -0.39 is 5.54 Å². The minimum absolute atomic E-state index is 0.0441. The molecule has 2 aliphatic rings. The fourth-order valence-corrected chi connectivity index (χ4v) is 4.46. The van der Waals surface area contributed by atoms with Crippen LogP contribution in [0.5, 0.6) is 0 Å². The Labute approximate surface area is 155 Å². The molecule has 3 N–H and O–H groups in total. The zero-order valence-electron chi connectivity index (χ0n) is 16.4. The number of rotatable bonds is 3. The van der Waals surface area contributed by atoms with Crippen molar-refractivity contribution in [2.24, 2.45) is 16.6 Å². The van der Waals surface area contributed by atoms with E-state index in [9.17, 15) is 4.79 Å². The number of hydrogen-bond donors (Lipinski definition) is 2. The number of nitrogens with zero attached hydrogens (tertiary/aromatic N) is 1. The van der Waals surface area contributed by atoms with Crippen LogP contribution in [-0.4, -0.2) is 17.2 Å². The second-order valence-corrected chi connectivity index (χ2v) is 7.63. The van der Waals surface area contributed by atoms with Crippen LogP contribution in [-0.2, 0) is 12.0 Å². The molecule has 2 atom stereocenters. The summed E-state index contributed by atoms with van der Waals surface area (Å²) in [4.78, 5) is 20.3. The second kappa shape index (κ2) is 6.84. The molecule has 4 heteroatoms. The summed E-state index contributed by atoms with van der Waals surface area (Å²) in [6.07, 6.45) is 6.22. The first kappa shape index (κ1) is 18.6. The van der Waals surface area contributed by atoms with E-state index in [1.54, 1.807) is 6.07 Å². The second-order valence-electron chi connectivity index (χ2n) is 7.63. The Morgan fingerprint density at radius 2 is 2.12 bits per heavy atom. The first-order valence-electron chi connectivity index (χ1n) is 9.32. The van der Waals surface area contributed by atoms with Crippen molar-refractivity contribution in [3.05, 3.63) is 68.2 Å². The molecule has 2 bridgehead atoms. The number of fused-ring (bicyclic) bond motifs is 4. The predicted molar refractivity (Wildman–Crippen MR) is 109 cm³/mol. The summed E-state index contributed by atoms with van der Waals surface area (Å²) in [7, 11) is 0. The molecule has 1 heterocycles. The van der Waals surface area contributed by atoms with E-state index in [1.165, 1.54) is 11.1 Å². The average Bonchev–Trinajstić information content (AvgIpc) is 2.59. The van der Waals surface area contributed by atoms with Gasteiger partial charge < -0.3 is 10.7 Å². The number of pyridine rings is 1. The quantitative estimate of drug-likeness (QED) is 0.642. The van der Waals surface area contributed by atoms with E-state index in [0.29, 0.717) is 6.54 Å². The van der Waals surface area contributed by atoms with Gasteiger partial charge in [0.05, 0.1) is 0 Å². The molecular formula is C22H29N3O. The molecule has 0 fully saturated rings. The number of hydrogen-bond acceptors (Lipinski definition) is 3. The average molecular weight is 351 g/mol. The Balaban J connectivity index is 2.30. The molecule has 2 aliphatic carbocycles. The lowest BCUT2D eigenvalue weighted by atomic mass is 9.63. The van der Waals surface area contributed by atoms with Gasteiger partial charge in [-0.25, -0.2) is 0 Å².